The van der Waals surface area contributed by atoms with Crippen LogP contribution in [0, 0.1) is 10.1 Å². The Hall–Kier alpha value is -1.37. The Morgan fingerprint density at radius 1 is 1.56 bits per heavy atom. The zero-order chi connectivity index (χ0) is 13.1. The number of nitro groups is 1. The summed E-state index contributed by atoms with van der Waals surface area (Å²) in [5.74, 6) is 0. The van der Waals surface area contributed by atoms with Gasteiger partial charge in [-0.3, -0.25) is 10.1 Å². The van der Waals surface area contributed by atoms with Crippen LogP contribution in [0.2, 0.25) is 5.02 Å². The molecule has 6 nitrogen and oxygen atoms in total. The van der Waals surface area contributed by atoms with E-state index in [9.17, 15) is 10.1 Å². The highest BCUT2D eigenvalue weighted by Gasteiger charge is 2.28. The molecule has 1 unspecified atom stereocenters. The van der Waals surface area contributed by atoms with Crippen molar-refractivity contribution in [1.82, 2.24) is 5.32 Å². The van der Waals surface area contributed by atoms with Gasteiger partial charge in [-0.15, -0.1) is 0 Å². The molecule has 1 aliphatic rings. The molecule has 0 aliphatic carbocycles. The summed E-state index contributed by atoms with van der Waals surface area (Å²) in [5.41, 5.74) is 0.435. The first kappa shape index (κ1) is 13.1. The summed E-state index contributed by atoms with van der Waals surface area (Å²) < 4.78 is 5.30. The monoisotopic (exact) mass is 271 g/mol. The van der Waals surface area contributed by atoms with Crippen molar-refractivity contribution in [2.75, 3.05) is 25.5 Å². The van der Waals surface area contributed by atoms with E-state index >= 15 is 0 Å². The standard InChI is InChI=1S/C11H14ClN3O3/c1-18-11-6-13-5-9(11)14-8-3-2-7(12)4-10(8)15(16)17/h2-4,9,11,13-14H,5-6H2,1H3/t9?,11-/m1/s1. The summed E-state index contributed by atoms with van der Waals surface area (Å²) in [7, 11) is 1.63. The second-order valence-electron chi connectivity index (χ2n) is 4.10. The second kappa shape index (κ2) is 5.51. The first-order valence-electron chi connectivity index (χ1n) is 5.56. The van der Waals surface area contributed by atoms with Crippen molar-refractivity contribution < 1.29 is 9.66 Å². The quantitative estimate of drug-likeness (QED) is 0.643. The van der Waals surface area contributed by atoms with Gasteiger partial charge in [0.15, 0.2) is 0 Å². The summed E-state index contributed by atoms with van der Waals surface area (Å²) in [6, 6.07) is 4.59. The molecule has 2 rings (SSSR count). The third-order valence-corrected chi connectivity index (χ3v) is 3.19. The van der Waals surface area contributed by atoms with Crippen molar-refractivity contribution in [2.24, 2.45) is 0 Å². The molecule has 1 saturated heterocycles. The van der Waals surface area contributed by atoms with Crippen LogP contribution < -0.4 is 10.6 Å². The van der Waals surface area contributed by atoms with E-state index in [1.165, 1.54) is 6.07 Å². The average molecular weight is 272 g/mol. The van der Waals surface area contributed by atoms with E-state index in [1.54, 1.807) is 19.2 Å². The van der Waals surface area contributed by atoms with Gasteiger partial charge in [-0.2, -0.15) is 0 Å². The van der Waals surface area contributed by atoms with Crippen LogP contribution in [0.1, 0.15) is 0 Å². The van der Waals surface area contributed by atoms with E-state index in [2.05, 4.69) is 10.6 Å². The third-order valence-electron chi connectivity index (χ3n) is 2.96. The van der Waals surface area contributed by atoms with Crippen molar-refractivity contribution in [2.45, 2.75) is 12.1 Å². The lowest BCUT2D eigenvalue weighted by molar-refractivity contribution is -0.384. The predicted molar refractivity (Wildman–Crippen MR) is 69.2 cm³/mol. The van der Waals surface area contributed by atoms with Gasteiger partial charge >= 0.3 is 0 Å². The van der Waals surface area contributed by atoms with Crippen LogP contribution in [-0.2, 0) is 4.74 Å². The van der Waals surface area contributed by atoms with Crippen LogP contribution in [0.4, 0.5) is 11.4 Å². The molecule has 2 atom stereocenters. The number of halogens is 1. The molecule has 0 amide bonds. The maximum atomic E-state index is 11.0. The van der Waals surface area contributed by atoms with E-state index in [0.717, 1.165) is 6.54 Å². The number of ether oxygens (including phenoxy) is 1. The molecule has 98 valence electrons. The van der Waals surface area contributed by atoms with Gasteiger partial charge in [-0.05, 0) is 12.1 Å². The van der Waals surface area contributed by atoms with Crippen molar-refractivity contribution in [3.63, 3.8) is 0 Å². The van der Waals surface area contributed by atoms with Crippen LogP contribution in [-0.4, -0.2) is 37.3 Å². The van der Waals surface area contributed by atoms with Crippen LogP contribution in [0.25, 0.3) is 0 Å². The fourth-order valence-corrected chi connectivity index (χ4v) is 2.19. The van der Waals surface area contributed by atoms with Gasteiger partial charge in [-0.25, -0.2) is 0 Å². The Morgan fingerprint density at radius 2 is 2.33 bits per heavy atom. The number of benzene rings is 1. The molecule has 1 aliphatic heterocycles. The Labute approximate surface area is 109 Å². The van der Waals surface area contributed by atoms with E-state index < -0.39 is 4.92 Å². The largest absolute Gasteiger partial charge is 0.378 e. The fourth-order valence-electron chi connectivity index (χ4n) is 2.02. The number of methoxy groups -OCH3 is 1. The zero-order valence-corrected chi connectivity index (χ0v) is 10.6. The summed E-state index contributed by atoms with van der Waals surface area (Å²) in [6.45, 7) is 1.44. The van der Waals surface area contributed by atoms with Gasteiger partial charge in [0.05, 0.1) is 17.1 Å². The maximum absolute atomic E-state index is 11.0. The Kier molecular flexibility index (Phi) is 4.00. The summed E-state index contributed by atoms with van der Waals surface area (Å²) >= 11 is 5.76. The highest BCUT2D eigenvalue weighted by atomic mass is 35.5. The maximum Gasteiger partial charge on any atom is 0.293 e. The summed E-state index contributed by atoms with van der Waals surface area (Å²) in [5, 5.41) is 17.6. The molecule has 0 bridgehead atoms. The van der Waals surface area contributed by atoms with Gasteiger partial charge < -0.3 is 15.4 Å². The number of hydrogen-bond acceptors (Lipinski definition) is 5. The van der Waals surface area contributed by atoms with Gasteiger partial charge in [0.1, 0.15) is 5.69 Å². The number of nitrogens with zero attached hydrogens (tertiary/aromatic N) is 1. The molecule has 1 aromatic carbocycles. The molecule has 1 aromatic rings. The minimum absolute atomic E-state index is 0.000261. The molecular weight excluding hydrogens is 258 g/mol. The summed E-state index contributed by atoms with van der Waals surface area (Å²) in [4.78, 5) is 10.5. The molecule has 0 saturated carbocycles. The summed E-state index contributed by atoms with van der Waals surface area (Å²) in [6.07, 6.45) is 0.000261. The van der Waals surface area contributed by atoms with Crippen LogP contribution in [0.15, 0.2) is 18.2 Å². The second-order valence-corrected chi connectivity index (χ2v) is 4.54. The highest BCUT2D eigenvalue weighted by molar-refractivity contribution is 6.30. The van der Waals surface area contributed by atoms with Crippen molar-refractivity contribution in [3.05, 3.63) is 33.3 Å². The van der Waals surface area contributed by atoms with E-state index in [4.69, 9.17) is 16.3 Å². The van der Waals surface area contributed by atoms with E-state index in [0.29, 0.717) is 17.3 Å². The van der Waals surface area contributed by atoms with Crippen LogP contribution >= 0.6 is 11.6 Å². The normalized spacial score (nSPS) is 23.0. The molecule has 0 aromatic heterocycles. The number of hydrogen-bond donors (Lipinski definition) is 2. The SMILES string of the molecule is CO[C@@H]1CNCC1Nc1ccc(Cl)cc1[N+](=O)[O-]. The van der Waals surface area contributed by atoms with Crippen LogP contribution in [0.5, 0.6) is 0 Å². The van der Waals surface area contributed by atoms with Gasteiger partial charge in [0.25, 0.3) is 5.69 Å². The predicted octanol–water partition coefficient (Wildman–Crippen LogP) is 1.65. The van der Waals surface area contributed by atoms with Crippen molar-refractivity contribution in [3.8, 4) is 0 Å². The minimum Gasteiger partial charge on any atom is -0.378 e. The van der Waals surface area contributed by atoms with Crippen molar-refractivity contribution in [1.29, 1.82) is 0 Å². The average Bonchev–Trinajstić information content (AvgIpc) is 2.78. The number of nitro benzene ring substituents is 1. The Morgan fingerprint density at radius 3 is 3.00 bits per heavy atom. The number of anilines is 1. The lowest BCUT2D eigenvalue weighted by atomic mass is 10.2. The third kappa shape index (κ3) is 2.72. The highest BCUT2D eigenvalue weighted by Crippen LogP contribution is 2.29. The lowest BCUT2D eigenvalue weighted by Gasteiger charge is -2.19. The minimum atomic E-state index is -0.446. The molecule has 1 fully saturated rings. The molecule has 0 spiro atoms. The van der Waals surface area contributed by atoms with E-state index in [-0.39, 0.29) is 17.8 Å². The topological polar surface area (TPSA) is 76.4 Å². The Bertz CT molecular complexity index is 455. The number of rotatable bonds is 4. The van der Waals surface area contributed by atoms with Gasteiger partial charge in [0.2, 0.25) is 0 Å². The molecule has 1 heterocycles. The fraction of sp³-hybridized carbons (Fsp3) is 0.455. The molecular formula is C11H14ClN3O3. The van der Waals surface area contributed by atoms with Gasteiger partial charge in [-0.1, -0.05) is 11.6 Å². The first-order valence-corrected chi connectivity index (χ1v) is 5.93. The van der Waals surface area contributed by atoms with Gasteiger partial charge in [0, 0.05) is 31.3 Å². The smallest absolute Gasteiger partial charge is 0.293 e. The van der Waals surface area contributed by atoms with Crippen molar-refractivity contribution >= 4 is 23.0 Å². The van der Waals surface area contributed by atoms with E-state index in [1.807, 2.05) is 0 Å². The lowest BCUT2D eigenvalue weighted by Crippen LogP contribution is -2.33. The molecule has 2 N–H and O–H groups in total. The number of nitrogens with one attached hydrogen (secondary N) is 2. The Balaban J connectivity index is 2.20. The molecule has 0 radical (unpaired) electrons. The van der Waals surface area contributed by atoms with Crippen LogP contribution in [0.3, 0.4) is 0 Å². The first-order chi connectivity index (χ1) is 8.61. The zero-order valence-electron chi connectivity index (χ0n) is 9.85. The molecule has 7 heteroatoms. The molecule has 18 heavy (non-hydrogen) atoms.